The number of likely N-dealkylation sites (N-methyl/N-ethyl adjacent to an activating group) is 1. The highest BCUT2D eigenvalue weighted by atomic mass is 35.5. The summed E-state index contributed by atoms with van der Waals surface area (Å²) in [5.41, 5.74) is -2.05. The molecule has 6 heterocycles. The van der Waals surface area contributed by atoms with Crippen molar-refractivity contribution >= 4 is 68.9 Å². The van der Waals surface area contributed by atoms with Crippen LogP contribution in [0.2, 0.25) is 5.02 Å². The lowest BCUT2D eigenvalue weighted by atomic mass is 9.54. The first-order valence-corrected chi connectivity index (χ1v) is 41.0. The number of rotatable bonds is 22. The number of nitrogens with one attached hydrogen (secondary N) is 9. The van der Waals surface area contributed by atoms with Gasteiger partial charge in [0.05, 0.1) is 48.8 Å². The fourth-order valence-electron chi connectivity index (χ4n) is 16.9. The lowest BCUT2D eigenvalue weighted by Crippen LogP contribution is -2.60. The molecule has 4 saturated carbocycles. The minimum absolute atomic E-state index is 0.0484. The van der Waals surface area contributed by atoms with Gasteiger partial charge in [0.1, 0.15) is 114 Å². The Balaban J connectivity index is 0.976. The van der Waals surface area contributed by atoms with E-state index in [1.165, 1.54) is 56.4 Å². The lowest BCUT2D eigenvalue weighted by Gasteiger charge is -2.54. The number of sulfonamides is 1. The molecule has 638 valence electrons. The van der Waals surface area contributed by atoms with E-state index >= 15 is 28.8 Å². The number of aromatic hydroxyl groups is 3. The van der Waals surface area contributed by atoms with Gasteiger partial charge in [0, 0.05) is 29.8 Å². The largest absolute Gasteiger partial charge is 0.508 e. The molecular formula is C82H96ClN9O26S. The number of halogens is 1. The number of phenols is 3. The van der Waals surface area contributed by atoms with Crippen molar-refractivity contribution in [3.05, 3.63) is 142 Å². The van der Waals surface area contributed by atoms with Crippen LogP contribution in [-0.2, 0) is 62.6 Å². The van der Waals surface area contributed by atoms with Crippen LogP contribution in [0, 0.1) is 36.5 Å². The van der Waals surface area contributed by atoms with E-state index in [0.717, 1.165) is 92.8 Å². The first-order valence-electron chi connectivity index (χ1n) is 39.2. The van der Waals surface area contributed by atoms with Gasteiger partial charge in [0.2, 0.25) is 59.3 Å². The molecule has 6 aromatic rings. The molecule has 0 spiro atoms. The second-order valence-electron chi connectivity index (χ2n) is 31.3. The number of ether oxygens (including phenoxy) is 7. The number of aliphatic hydroxyl groups is 6. The fraction of sp³-hybridized carbons (Fsp3) is 0.463. The van der Waals surface area contributed by atoms with Crippen LogP contribution in [0.1, 0.15) is 129 Å². The molecule has 6 aromatic carbocycles. The van der Waals surface area contributed by atoms with E-state index in [1.807, 2.05) is 25.5 Å². The Morgan fingerprint density at radius 1 is 0.630 bits per heavy atom. The van der Waals surface area contributed by atoms with Crippen molar-refractivity contribution < 1.29 is 126 Å². The van der Waals surface area contributed by atoms with E-state index in [2.05, 4.69) is 42.5 Å². The predicted molar refractivity (Wildman–Crippen MR) is 419 cm³/mol. The SMILES string of the molecule is CCOCCOCCOc1ccc(S(=O)(=O)NC(=O)C[C@@H]2NC(=O)[C@H](NC(=O)[C@@H](CC(C)C)NC)[C@H](O)c3ccc(c(C)c3)Oc3cc4cc(c3O[C@@H]3O[C@H](CO)[C@@H](O)[C@H](O)[C@H]3O)Oc3ccc(cc3Cl)[C@@H](O)[C@@H]3NC(=O)[C@H](NC(=O)[C@@H]4NC2=O)c2ccc(O)c(c2)-c2c(O)cc(O)cc2[C@@H](C(=O)NC2C4CC5CC(C4)CC2C5)NC3=O)cc1. The number of hydrogen-bond acceptors (Lipinski definition) is 27. The highest BCUT2D eigenvalue weighted by Crippen LogP contribution is 2.55. The fourth-order valence-corrected chi connectivity index (χ4v) is 18.1. The molecule has 0 radical (unpaired) electrons. The molecule has 37 heteroatoms. The minimum atomic E-state index is -4.92. The number of carbonyl (C=O) groups excluding carboxylic acids is 8. The van der Waals surface area contributed by atoms with Crippen molar-refractivity contribution in [1.82, 2.24) is 47.3 Å². The molecule has 16 rings (SSSR count). The Kier molecular flexibility index (Phi) is 26.6. The number of carbonyl (C=O) groups is 8. The molecule has 14 atom stereocenters. The van der Waals surface area contributed by atoms with Gasteiger partial charge in [-0.25, -0.2) is 13.1 Å². The molecule has 0 unspecified atom stereocenters. The number of benzene rings is 6. The summed E-state index contributed by atoms with van der Waals surface area (Å²) < 4.78 is 72.5. The molecule has 6 aliphatic heterocycles. The summed E-state index contributed by atoms with van der Waals surface area (Å²) in [5, 5.41) is 126. The van der Waals surface area contributed by atoms with Crippen molar-refractivity contribution in [2.75, 3.05) is 46.7 Å². The summed E-state index contributed by atoms with van der Waals surface area (Å²) in [6.45, 7) is 7.29. The predicted octanol–water partition coefficient (Wildman–Crippen LogP) is 2.83. The molecule has 18 N–H and O–H groups in total. The summed E-state index contributed by atoms with van der Waals surface area (Å²) in [6, 6.07) is 4.77. The van der Waals surface area contributed by atoms with Crippen LogP contribution >= 0.6 is 11.6 Å². The number of fused-ring (bicyclic) bond motifs is 15. The zero-order chi connectivity index (χ0) is 85.2. The van der Waals surface area contributed by atoms with Gasteiger partial charge >= 0.3 is 0 Å². The van der Waals surface area contributed by atoms with E-state index in [0.29, 0.717) is 25.0 Å². The summed E-state index contributed by atoms with van der Waals surface area (Å²) in [5.74, 6) is -13.6. The summed E-state index contributed by atoms with van der Waals surface area (Å²) >= 11 is 7.17. The summed E-state index contributed by atoms with van der Waals surface area (Å²) in [7, 11) is -3.46. The highest BCUT2D eigenvalue weighted by molar-refractivity contribution is 7.90. The Hall–Kier alpha value is -10.5. The van der Waals surface area contributed by atoms with Gasteiger partial charge < -0.3 is 122 Å². The van der Waals surface area contributed by atoms with E-state index in [1.54, 1.807) is 0 Å². The molecule has 0 aromatic heterocycles. The first kappa shape index (κ1) is 86.4. The van der Waals surface area contributed by atoms with Crippen LogP contribution in [0.5, 0.6) is 51.7 Å². The van der Waals surface area contributed by atoms with Crippen molar-refractivity contribution in [1.29, 1.82) is 0 Å². The highest BCUT2D eigenvalue weighted by Gasteiger charge is 2.51. The van der Waals surface area contributed by atoms with Crippen LogP contribution < -0.4 is 66.2 Å². The maximum Gasteiger partial charge on any atom is 0.264 e. The summed E-state index contributed by atoms with van der Waals surface area (Å²) in [6.07, 6.45) is -11.0. The Bertz CT molecular complexity index is 4940. The number of hydrogen-bond donors (Lipinski definition) is 18. The zero-order valence-corrected chi connectivity index (χ0v) is 66.9. The third kappa shape index (κ3) is 19.1. The quantitative estimate of drug-likeness (QED) is 0.0434. The third-order valence-electron chi connectivity index (χ3n) is 22.6. The summed E-state index contributed by atoms with van der Waals surface area (Å²) in [4.78, 5) is 124. The number of amides is 8. The van der Waals surface area contributed by atoms with Crippen molar-refractivity contribution in [2.24, 2.45) is 29.6 Å². The van der Waals surface area contributed by atoms with E-state index in [9.17, 15) is 64.0 Å². The third-order valence-corrected chi connectivity index (χ3v) is 24.3. The second kappa shape index (κ2) is 36.6. The molecule has 10 aliphatic rings. The minimum Gasteiger partial charge on any atom is -0.508 e. The first-order chi connectivity index (χ1) is 56.8. The van der Waals surface area contributed by atoms with Crippen LogP contribution in [0.4, 0.5) is 0 Å². The van der Waals surface area contributed by atoms with Gasteiger partial charge in [-0.1, -0.05) is 43.6 Å². The topological polar surface area (TPSA) is 526 Å². The van der Waals surface area contributed by atoms with Crippen LogP contribution in [-0.4, -0.2) is 209 Å². The second-order valence-corrected chi connectivity index (χ2v) is 33.4. The number of phenolic OH excluding ortho intramolecular Hbond substituents is 3. The zero-order valence-electron chi connectivity index (χ0n) is 65.3. The molecular weight excluding hydrogens is 1590 g/mol. The van der Waals surface area contributed by atoms with Gasteiger partial charge in [-0.2, -0.15) is 0 Å². The molecule has 8 amide bonds. The van der Waals surface area contributed by atoms with Crippen LogP contribution in [0.15, 0.2) is 108 Å². The smallest absolute Gasteiger partial charge is 0.264 e. The average molecular weight is 1690 g/mol. The van der Waals surface area contributed by atoms with Crippen molar-refractivity contribution in [2.45, 2.75) is 169 Å². The Morgan fingerprint density at radius 2 is 1.26 bits per heavy atom. The maximum absolute atomic E-state index is 16.5. The number of aryl methyl sites for hydroxylation is 1. The molecule has 4 aliphatic carbocycles. The Morgan fingerprint density at radius 3 is 1.92 bits per heavy atom. The molecule has 5 fully saturated rings. The van der Waals surface area contributed by atoms with E-state index < -0.39 is 205 Å². The molecule has 119 heavy (non-hydrogen) atoms. The molecule has 15 bridgehead atoms. The standard InChI is InChI=1S/C82H96ClN9O26S/c1-6-112-17-18-113-19-20-114-47-10-12-48(13-11-47)119(110,111)92-61(97)34-53-76(104)87-65-45-30-58(115-56-15-8-41(22-37(56)4)69(98)67(80(108)85-53)90-75(103)52(84-5)21-36(2)3)74(118-82-73(102)72(101)71(100)60(35-93)117-82)59(31-45)116-57-16-9-42(29-51(57)83)70(99)68-81(109)89-66(79(107)86-63-43-24-38-23-39(26-43)27-44(63)25-38)50-32-46(94)33-55(96)62(50)49-28-40(7-14-54(49)95)64(77(105)91-68)88-78(65)106/h7-16,22,28-33,36,38-39,43-44,52-53,60,63-73,82,84,93-96,98-102H,6,17-21,23-27,34-35H2,1-5H3,(H,85,108)(H,86,107)(H,87,104)(H,88,106)(H,89,109)(H,90,103)(H,91,105)(H,92,97)/t38?,39?,43?,44?,52-,53+,60-,63?,64-,65-,66+,67-,68+,69-,70-,71-,72+,73-,82+/m1/s1. The van der Waals surface area contributed by atoms with E-state index in [-0.39, 0.29) is 106 Å². The van der Waals surface area contributed by atoms with E-state index in [4.69, 9.17) is 44.8 Å². The van der Waals surface area contributed by atoms with Crippen LogP contribution in [0.25, 0.3) is 11.1 Å². The number of aliphatic hydroxyl groups excluding tert-OH is 6. The molecule has 1 saturated heterocycles. The van der Waals surface area contributed by atoms with Crippen molar-refractivity contribution in [3.63, 3.8) is 0 Å². The lowest BCUT2D eigenvalue weighted by molar-refractivity contribution is -0.277. The van der Waals surface area contributed by atoms with Gasteiger partial charge in [-0.15, -0.1) is 0 Å². The Labute approximate surface area is 688 Å². The van der Waals surface area contributed by atoms with Gasteiger partial charge in [0.25, 0.3) is 10.0 Å². The monoisotopic (exact) mass is 1690 g/mol. The normalized spacial score (nSPS) is 27.5. The van der Waals surface area contributed by atoms with Gasteiger partial charge in [-0.05, 0) is 201 Å². The average Bonchev–Trinajstić information content (AvgIpc) is 0.757. The van der Waals surface area contributed by atoms with Crippen molar-refractivity contribution in [3.8, 4) is 62.9 Å². The van der Waals surface area contributed by atoms with Gasteiger partial charge in [-0.3, -0.25) is 38.4 Å². The van der Waals surface area contributed by atoms with Crippen LogP contribution in [0.3, 0.4) is 0 Å². The van der Waals surface area contributed by atoms with Gasteiger partial charge in [0.15, 0.2) is 11.5 Å². The maximum atomic E-state index is 16.5. The molecule has 35 nitrogen and oxygen atoms in total.